The maximum atomic E-state index is 12.7. The zero-order chi connectivity index (χ0) is 19.2. The van der Waals surface area contributed by atoms with Gasteiger partial charge in [0.25, 0.3) is 6.08 Å². The second kappa shape index (κ2) is 9.11. The number of nitrogens with one attached hydrogen (secondary N) is 1. The minimum atomic E-state index is -1.60. The molecule has 3 rings (SSSR count). The zero-order valence-corrected chi connectivity index (χ0v) is 16.1. The molecule has 2 heterocycles. The van der Waals surface area contributed by atoms with E-state index in [0.29, 0.717) is 18.9 Å². The van der Waals surface area contributed by atoms with Gasteiger partial charge >= 0.3 is 0 Å². The lowest BCUT2D eigenvalue weighted by molar-refractivity contribution is 0.162. The van der Waals surface area contributed by atoms with Gasteiger partial charge in [-0.05, 0) is 62.3 Å². The highest BCUT2D eigenvalue weighted by Crippen LogP contribution is 2.33. The first-order chi connectivity index (χ1) is 13.1. The summed E-state index contributed by atoms with van der Waals surface area (Å²) in [6, 6.07) is 0.0428. The molecule has 6 heteroatoms. The molecule has 146 valence electrons. The molecule has 1 atom stereocenters. The number of hydrogen-bond donors (Lipinski definition) is 1. The van der Waals surface area contributed by atoms with Gasteiger partial charge in [-0.15, -0.1) is 0 Å². The van der Waals surface area contributed by atoms with Crippen LogP contribution in [0.15, 0.2) is 57.3 Å². The van der Waals surface area contributed by atoms with Crippen LogP contribution in [0.5, 0.6) is 0 Å². The van der Waals surface area contributed by atoms with E-state index in [1.165, 1.54) is 12.8 Å². The first-order valence-corrected chi connectivity index (χ1v) is 9.81. The Hall–Kier alpha value is -2.24. The Bertz CT molecular complexity index is 720. The first-order valence-electron chi connectivity index (χ1n) is 9.81. The van der Waals surface area contributed by atoms with E-state index in [1.807, 2.05) is 30.4 Å². The van der Waals surface area contributed by atoms with Crippen LogP contribution >= 0.6 is 0 Å². The van der Waals surface area contributed by atoms with Crippen molar-refractivity contribution in [1.82, 2.24) is 10.3 Å². The fraction of sp³-hybridized carbons (Fsp3) is 0.524. The number of aliphatic imine (C=N–C) groups is 1. The first kappa shape index (κ1) is 19.5. The van der Waals surface area contributed by atoms with Crippen LogP contribution in [-0.2, 0) is 0 Å². The van der Waals surface area contributed by atoms with Gasteiger partial charge in [-0.3, -0.25) is 10.0 Å². The normalized spacial score (nSPS) is 24.2. The van der Waals surface area contributed by atoms with Crippen LogP contribution in [-0.4, -0.2) is 36.2 Å². The topological polar surface area (TPSA) is 40.0 Å². The van der Waals surface area contributed by atoms with E-state index in [4.69, 9.17) is 0 Å². The molecule has 0 aromatic rings. The standard InChI is InChI=1S/C21H28F2N4/c1-3-24-21-18(10-12-25-21)15(2)17-11-13-27(26-14-17)19(8-9-20(22)23)16-6-4-5-7-16/h9-12,14,16,19H,3-8,13H2,1-2H3,(H,24,25)/b18-15+. The van der Waals surface area contributed by atoms with Gasteiger partial charge in [0.1, 0.15) is 5.84 Å². The smallest absolute Gasteiger partial charge is 0.266 e. The monoisotopic (exact) mass is 374 g/mol. The fourth-order valence-corrected chi connectivity index (χ4v) is 4.12. The summed E-state index contributed by atoms with van der Waals surface area (Å²) < 4.78 is 25.3. The van der Waals surface area contributed by atoms with E-state index in [-0.39, 0.29) is 6.04 Å². The number of hydrazone groups is 1. The minimum Gasteiger partial charge on any atom is -0.346 e. The Balaban J connectivity index is 1.74. The van der Waals surface area contributed by atoms with E-state index in [2.05, 4.69) is 28.4 Å². The van der Waals surface area contributed by atoms with Gasteiger partial charge in [-0.1, -0.05) is 18.9 Å². The van der Waals surface area contributed by atoms with Crippen molar-refractivity contribution < 1.29 is 8.78 Å². The maximum Gasteiger partial charge on any atom is 0.266 e. The van der Waals surface area contributed by atoms with Crippen molar-refractivity contribution in [1.29, 1.82) is 0 Å². The molecule has 3 aliphatic rings. The Morgan fingerprint density at radius 3 is 2.81 bits per heavy atom. The van der Waals surface area contributed by atoms with Crippen LogP contribution in [0.3, 0.4) is 0 Å². The second-order valence-corrected chi connectivity index (χ2v) is 7.21. The molecule has 0 aromatic heterocycles. The molecule has 1 N–H and O–H groups in total. The van der Waals surface area contributed by atoms with Crippen LogP contribution in [0.2, 0.25) is 0 Å². The largest absolute Gasteiger partial charge is 0.346 e. The third-order valence-corrected chi connectivity index (χ3v) is 5.56. The third-order valence-electron chi connectivity index (χ3n) is 5.56. The van der Waals surface area contributed by atoms with Crippen LogP contribution in [0.1, 0.15) is 46.0 Å². The van der Waals surface area contributed by atoms with E-state index in [1.54, 1.807) is 0 Å². The molecule has 0 saturated heterocycles. The summed E-state index contributed by atoms with van der Waals surface area (Å²) >= 11 is 0. The van der Waals surface area contributed by atoms with Crippen molar-refractivity contribution in [2.45, 2.75) is 52.0 Å². The Labute approximate surface area is 160 Å². The van der Waals surface area contributed by atoms with Gasteiger partial charge in [0.15, 0.2) is 0 Å². The fourth-order valence-electron chi connectivity index (χ4n) is 4.12. The summed E-state index contributed by atoms with van der Waals surface area (Å²) in [6.45, 7) is 5.46. The Kier molecular flexibility index (Phi) is 6.58. The van der Waals surface area contributed by atoms with Gasteiger partial charge < -0.3 is 5.32 Å². The molecular formula is C21H28F2N4. The molecule has 1 saturated carbocycles. The van der Waals surface area contributed by atoms with Gasteiger partial charge in [-0.25, -0.2) is 0 Å². The SMILES string of the molecule is CCN=C1NC=C/C1=C(/C)C1=CCN(C(CC=C(F)F)C2CCCC2)N=C1. The molecule has 4 nitrogen and oxygen atoms in total. The molecule has 0 amide bonds. The summed E-state index contributed by atoms with van der Waals surface area (Å²) in [5.41, 5.74) is 3.27. The lowest BCUT2D eigenvalue weighted by atomic mass is 9.94. The molecule has 1 aliphatic carbocycles. The van der Waals surface area contributed by atoms with Gasteiger partial charge in [-0.2, -0.15) is 13.9 Å². The van der Waals surface area contributed by atoms with Gasteiger partial charge in [0, 0.05) is 18.3 Å². The predicted molar refractivity (Wildman–Crippen MR) is 107 cm³/mol. The van der Waals surface area contributed by atoms with Crippen LogP contribution in [0, 0.1) is 5.92 Å². The molecule has 0 bridgehead atoms. The highest BCUT2D eigenvalue weighted by Gasteiger charge is 2.29. The van der Waals surface area contributed by atoms with E-state index in [9.17, 15) is 8.78 Å². The predicted octanol–water partition coefficient (Wildman–Crippen LogP) is 4.80. The quantitative estimate of drug-likeness (QED) is 0.726. The van der Waals surface area contributed by atoms with Crippen molar-refractivity contribution in [3.8, 4) is 0 Å². The van der Waals surface area contributed by atoms with Crippen LogP contribution in [0.4, 0.5) is 8.78 Å². The van der Waals surface area contributed by atoms with Crippen LogP contribution in [0.25, 0.3) is 0 Å². The van der Waals surface area contributed by atoms with E-state index < -0.39 is 6.08 Å². The zero-order valence-electron chi connectivity index (χ0n) is 16.1. The average molecular weight is 374 g/mol. The van der Waals surface area contributed by atoms with Crippen molar-refractivity contribution in [2.75, 3.05) is 13.1 Å². The van der Waals surface area contributed by atoms with Crippen LogP contribution < -0.4 is 5.32 Å². The lowest BCUT2D eigenvalue weighted by Crippen LogP contribution is -2.37. The van der Waals surface area contributed by atoms with Gasteiger partial charge in [0.2, 0.25) is 0 Å². The van der Waals surface area contributed by atoms with Crippen molar-refractivity contribution >= 4 is 12.1 Å². The van der Waals surface area contributed by atoms with Crippen molar-refractivity contribution in [3.63, 3.8) is 0 Å². The Morgan fingerprint density at radius 1 is 1.41 bits per heavy atom. The second-order valence-electron chi connectivity index (χ2n) is 7.21. The number of nitrogens with zero attached hydrogens (tertiary/aromatic N) is 3. The van der Waals surface area contributed by atoms with Gasteiger partial charge in [0.05, 0.1) is 18.8 Å². The Morgan fingerprint density at radius 2 is 2.19 bits per heavy atom. The van der Waals surface area contributed by atoms with E-state index in [0.717, 1.165) is 48.0 Å². The summed E-state index contributed by atoms with van der Waals surface area (Å²) in [5.74, 6) is 1.33. The lowest BCUT2D eigenvalue weighted by Gasteiger charge is -2.34. The number of hydrogen-bond acceptors (Lipinski definition) is 3. The maximum absolute atomic E-state index is 12.7. The molecule has 2 aliphatic heterocycles. The highest BCUT2D eigenvalue weighted by molar-refractivity contribution is 6.06. The highest BCUT2D eigenvalue weighted by atomic mass is 19.3. The number of halogens is 2. The molecule has 0 radical (unpaired) electrons. The number of rotatable bonds is 6. The molecule has 1 unspecified atom stereocenters. The number of amidine groups is 1. The molecule has 0 spiro atoms. The summed E-state index contributed by atoms with van der Waals surface area (Å²) in [6.07, 6.45) is 12.3. The summed E-state index contributed by atoms with van der Waals surface area (Å²) in [5, 5.41) is 9.80. The van der Waals surface area contributed by atoms with Crippen molar-refractivity contribution in [2.24, 2.45) is 16.0 Å². The molecule has 1 fully saturated rings. The number of allylic oxidation sites excluding steroid dienone is 2. The average Bonchev–Trinajstić information content (AvgIpc) is 3.34. The minimum absolute atomic E-state index is 0.0428. The van der Waals surface area contributed by atoms with Crippen molar-refractivity contribution in [3.05, 3.63) is 47.2 Å². The third kappa shape index (κ3) is 4.73. The molecular weight excluding hydrogens is 346 g/mol. The summed E-state index contributed by atoms with van der Waals surface area (Å²) in [7, 11) is 0. The van der Waals surface area contributed by atoms with E-state index >= 15 is 0 Å². The molecule has 27 heavy (non-hydrogen) atoms. The molecule has 0 aromatic carbocycles. The summed E-state index contributed by atoms with van der Waals surface area (Å²) in [4.78, 5) is 4.48.